The van der Waals surface area contributed by atoms with Crippen LogP contribution < -0.4 is 0 Å². The third-order valence-electron chi connectivity index (χ3n) is 2.32. The van der Waals surface area contributed by atoms with Crippen LogP contribution in [0.3, 0.4) is 0 Å². The molecular weight excluding hydrogens is 178 g/mol. The Hall–Kier alpha value is -0.570. The van der Waals surface area contributed by atoms with Crippen molar-refractivity contribution in [2.45, 2.75) is 53.2 Å². The van der Waals surface area contributed by atoms with Crippen molar-refractivity contribution in [1.82, 2.24) is 4.90 Å². The molecule has 0 fully saturated rings. The third-order valence-corrected chi connectivity index (χ3v) is 2.32. The van der Waals surface area contributed by atoms with Gasteiger partial charge in [0, 0.05) is 6.04 Å². The average molecular weight is 201 g/mol. The lowest BCUT2D eigenvalue weighted by Crippen LogP contribution is -2.38. The number of esters is 1. The Morgan fingerprint density at radius 3 is 2.21 bits per heavy atom. The Kier molecular flexibility index (Phi) is 6.54. The molecule has 1 atom stereocenters. The van der Waals surface area contributed by atoms with Crippen molar-refractivity contribution < 1.29 is 9.53 Å². The van der Waals surface area contributed by atoms with E-state index in [1.807, 2.05) is 13.8 Å². The Bertz CT molecular complexity index is 169. The van der Waals surface area contributed by atoms with Crippen LogP contribution in [0, 0.1) is 0 Å². The van der Waals surface area contributed by atoms with Crippen LogP contribution >= 0.6 is 0 Å². The molecule has 1 unspecified atom stereocenters. The summed E-state index contributed by atoms with van der Waals surface area (Å²) in [4.78, 5) is 13.5. The molecular formula is C11H23NO2. The van der Waals surface area contributed by atoms with Gasteiger partial charge in [-0.3, -0.25) is 9.69 Å². The lowest BCUT2D eigenvalue weighted by molar-refractivity contribution is -0.149. The van der Waals surface area contributed by atoms with Crippen molar-refractivity contribution in [2.75, 3.05) is 13.1 Å². The standard InChI is InChI=1S/C11H23NO2/c1-6-10(5)12(7-2)8-11(13)14-9(3)4/h9-10H,6-8H2,1-5H3. The van der Waals surface area contributed by atoms with E-state index in [1.165, 1.54) is 0 Å². The average Bonchev–Trinajstić information content (AvgIpc) is 2.11. The first-order valence-corrected chi connectivity index (χ1v) is 5.44. The summed E-state index contributed by atoms with van der Waals surface area (Å²) in [6, 6.07) is 0.444. The molecule has 0 N–H and O–H groups in total. The van der Waals surface area contributed by atoms with Gasteiger partial charge in [-0.05, 0) is 33.7 Å². The number of nitrogens with zero attached hydrogens (tertiary/aromatic N) is 1. The zero-order valence-electron chi connectivity index (χ0n) is 10.0. The van der Waals surface area contributed by atoms with Gasteiger partial charge in [0.1, 0.15) is 0 Å². The van der Waals surface area contributed by atoms with Crippen LogP contribution in [-0.4, -0.2) is 36.1 Å². The summed E-state index contributed by atoms with van der Waals surface area (Å²) >= 11 is 0. The van der Waals surface area contributed by atoms with Gasteiger partial charge in [0.05, 0.1) is 12.6 Å². The minimum absolute atomic E-state index is 0.0156. The predicted molar refractivity (Wildman–Crippen MR) is 58.2 cm³/mol. The van der Waals surface area contributed by atoms with Crippen LogP contribution in [0.1, 0.15) is 41.0 Å². The molecule has 0 spiro atoms. The number of hydrogen-bond donors (Lipinski definition) is 0. The van der Waals surface area contributed by atoms with Crippen molar-refractivity contribution in [2.24, 2.45) is 0 Å². The fourth-order valence-corrected chi connectivity index (χ4v) is 1.30. The molecule has 0 heterocycles. The first-order valence-electron chi connectivity index (χ1n) is 5.44. The molecule has 0 rings (SSSR count). The van der Waals surface area contributed by atoms with Gasteiger partial charge in [0.15, 0.2) is 0 Å². The first-order chi connectivity index (χ1) is 6.51. The number of rotatable bonds is 6. The number of carbonyl (C=O) groups is 1. The molecule has 0 aromatic carbocycles. The Labute approximate surface area is 87.4 Å². The molecule has 0 saturated heterocycles. The molecule has 3 heteroatoms. The lowest BCUT2D eigenvalue weighted by Gasteiger charge is -2.26. The lowest BCUT2D eigenvalue weighted by atomic mass is 10.2. The molecule has 0 saturated carbocycles. The van der Waals surface area contributed by atoms with Crippen LogP contribution in [-0.2, 0) is 9.53 Å². The molecule has 14 heavy (non-hydrogen) atoms. The smallest absolute Gasteiger partial charge is 0.320 e. The van der Waals surface area contributed by atoms with Crippen LogP contribution in [0.5, 0.6) is 0 Å². The van der Waals surface area contributed by atoms with Crippen molar-refractivity contribution in [3.05, 3.63) is 0 Å². The maximum atomic E-state index is 11.4. The molecule has 0 aliphatic carbocycles. The fourth-order valence-electron chi connectivity index (χ4n) is 1.30. The van der Waals surface area contributed by atoms with E-state index >= 15 is 0 Å². The van der Waals surface area contributed by atoms with Crippen molar-refractivity contribution in [1.29, 1.82) is 0 Å². The van der Waals surface area contributed by atoms with Crippen LogP contribution in [0.2, 0.25) is 0 Å². The van der Waals surface area contributed by atoms with Gasteiger partial charge in [-0.2, -0.15) is 0 Å². The molecule has 0 aromatic heterocycles. The molecule has 3 nitrogen and oxygen atoms in total. The monoisotopic (exact) mass is 201 g/mol. The van der Waals surface area contributed by atoms with E-state index in [9.17, 15) is 4.79 Å². The molecule has 0 aromatic rings. The highest BCUT2D eigenvalue weighted by atomic mass is 16.5. The number of carbonyl (C=O) groups excluding carboxylic acids is 1. The highest BCUT2D eigenvalue weighted by Gasteiger charge is 2.15. The number of ether oxygens (including phenoxy) is 1. The van der Waals surface area contributed by atoms with E-state index in [4.69, 9.17) is 4.74 Å². The molecule has 0 aliphatic heterocycles. The zero-order valence-corrected chi connectivity index (χ0v) is 10.0. The SMILES string of the molecule is CCC(C)N(CC)CC(=O)OC(C)C. The van der Waals surface area contributed by atoms with E-state index in [2.05, 4.69) is 25.7 Å². The Morgan fingerprint density at radius 1 is 1.29 bits per heavy atom. The second-order valence-corrected chi connectivity index (χ2v) is 3.86. The fraction of sp³-hybridized carbons (Fsp3) is 0.909. The second kappa shape index (κ2) is 6.82. The Balaban J connectivity index is 3.98. The summed E-state index contributed by atoms with van der Waals surface area (Å²) in [5.41, 5.74) is 0. The highest BCUT2D eigenvalue weighted by molar-refractivity contribution is 5.71. The molecule has 0 aliphatic rings. The molecule has 0 radical (unpaired) electrons. The van der Waals surface area contributed by atoms with Crippen molar-refractivity contribution in [3.63, 3.8) is 0 Å². The summed E-state index contributed by atoms with van der Waals surface area (Å²) in [5.74, 6) is -0.123. The van der Waals surface area contributed by atoms with E-state index in [0.29, 0.717) is 12.6 Å². The van der Waals surface area contributed by atoms with Gasteiger partial charge in [0.2, 0.25) is 0 Å². The maximum absolute atomic E-state index is 11.4. The van der Waals surface area contributed by atoms with Gasteiger partial charge in [0.25, 0.3) is 0 Å². The highest BCUT2D eigenvalue weighted by Crippen LogP contribution is 2.03. The van der Waals surface area contributed by atoms with Gasteiger partial charge >= 0.3 is 5.97 Å². The van der Waals surface area contributed by atoms with Crippen LogP contribution in [0.25, 0.3) is 0 Å². The van der Waals surface area contributed by atoms with Crippen LogP contribution in [0.15, 0.2) is 0 Å². The summed E-state index contributed by atoms with van der Waals surface area (Å²) in [7, 11) is 0. The molecule has 84 valence electrons. The molecule has 0 bridgehead atoms. The number of likely N-dealkylation sites (N-methyl/N-ethyl adjacent to an activating group) is 1. The van der Waals surface area contributed by atoms with Gasteiger partial charge in [-0.1, -0.05) is 13.8 Å². The topological polar surface area (TPSA) is 29.5 Å². The maximum Gasteiger partial charge on any atom is 0.320 e. The molecule has 0 amide bonds. The third kappa shape index (κ3) is 5.22. The normalized spacial score (nSPS) is 13.4. The van der Waals surface area contributed by atoms with Gasteiger partial charge < -0.3 is 4.74 Å². The quantitative estimate of drug-likeness (QED) is 0.616. The minimum atomic E-state index is -0.123. The van der Waals surface area contributed by atoms with E-state index in [0.717, 1.165) is 13.0 Å². The summed E-state index contributed by atoms with van der Waals surface area (Å²) in [5, 5.41) is 0. The summed E-state index contributed by atoms with van der Waals surface area (Å²) in [6.07, 6.45) is 1.04. The van der Waals surface area contributed by atoms with Crippen molar-refractivity contribution >= 4 is 5.97 Å². The second-order valence-electron chi connectivity index (χ2n) is 3.86. The largest absolute Gasteiger partial charge is 0.462 e. The van der Waals surface area contributed by atoms with Crippen LogP contribution in [0.4, 0.5) is 0 Å². The zero-order chi connectivity index (χ0) is 11.1. The summed E-state index contributed by atoms with van der Waals surface area (Å²) < 4.78 is 5.10. The van der Waals surface area contributed by atoms with Crippen molar-refractivity contribution in [3.8, 4) is 0 Å². The van der Waals surface area contributed by atoms with Gasteiger partial charge in [-0.25, -0.2) is 0 Å². The Morgan fingerprint density at radius 2 is 1.86 bits per heavy atom. The van der Waals surface area contributed by atoms with E-state index in [-0.39, 0.29) is 12.1 Å². The van der Waals surface area contributed by atoms with E-state index in [1.54, 1.807) is 0 Å². The van der Waals surface area contributed by atoms with Gasteiger partial charge in [-0.15, -0.1) is 0 Å². The number of hydrogen-bond acceptors (Lipinski definition) is 3. The first kappa shape index (κ1) is 13.4. The predicted octanol–water partition coefficient (Wildman–Crippen LogP) is 2.06. The minimum Gasteiger partial charge on any atom is -0.462 e. The van der Waals surface area contributed by atoms with E-state index < -0.39 is 0 Å². The summed E-state index contributed by atoms with van der Waals surface area (Å²) in [6.45, 7) is 11.4.